The summed E-state index contributed by atoms with van der Waals surface area (Å²) < 4.78 is 38.2. The molecule has 32 heavy (non-hydrogen) atoms. The van der Waals surface area contributed by atoms with Crippen LogP contribution in [-0.2, 0) is 27.7 Å². The molecule has 1 aromatic heterocycles. The number of esters is 1. The van der Waals surface area contributed by atoms with Gasteiger partial charge in [0.25, 0.3) is 0 Å². The van der Waals surface area contributed by atoms with Crippen LogP contribution in [0.1, 0.15) is 27.9 Å². The largest absolute Gasteiger partial charge is 0.495 e. The highest BCUT2D eigenvalue weighted by atomic mass is 32.2. The Labute approximate surface area is 188 Å². The van der Waals surface area contributed by atoms with Crippen molar-refractivity contribution in [1.82, 2.24) is 9.29 Å². The number of hydrogen-bond donors (Lipinski definition) is 0. The van der Waals surface area contributed by atoms with Crippen molar-refractivity contribution >= 4 is 16.0 Å². The number of carbonyl (C=O) groups excluding carboxylic acids is 1. The molecule has 0 aliphatic carbocycles. The predicted molar refractivity (Wildman–Crippen MR) is 121 cm³/mol. The van der Waals surface area contributed by atoms with E-state index in [2.05, 4.69) is 4.98 Å². The van der Waals surface area contributed by atoms with Crippen LogP contribution in [0.15, 0.2) is 78.0 Å². The first-order chi connectivity index (χ1) is 15.4. The Hall–Kier alpha value is -3.23. The Morgan fingerprint density at radius 1 is 1.03 bits per heavy atom. The van der Waals surface area contributed by atoms with E-state index < -0.39 is 16.0 Å². The Balaban J connectivity index is 1.70. The summed E-state index contributed by atoms with van der Waals surface area (Å²) in [4.78, 5) is 16.5. The van der Waals surface area contributed by atoms with Crippen molar-refractivity contribution < 1.29 is 22.7 Å². The van der Waals surface area contributed by atoms with Crippen LogP contribution in [0.2, 0.25) is 0 Å². The molecule has 3 aromatic rings. The quantitative estimate of drug-likeness (QED) is 0.343. The van der Waals surface area contributed by atoms with Crippen molar-refractivity contribution in [3.05, 3.63) is 89.7 Å². The Morgan fingerprint density at radius 2 is 1.78 bits per heavy atom. The van der Waals surface area contributed by atoms with Gasteiger partial charge in [0.05, 0.1) is 19.3 Å². The lowest BCUT2D eigenvalue weighted by Crippen LogP contribution is -2.27. The third-order valence-electron chi connectivity index (χ3n) is 4.90. The second-order valence-electron chi connectivity index (χ2n) is 7.21. The van der Waals surface area contributed by atoms with Gasteiger partial charge in [-0.25, -0.2) is 13.2 Å². The number of carbonyl (C=O) groups is 1. The van der Waals surface area contributed by atoms with Crippen LogP contribution in [0, 0.1) is 0 Å². The van der Waals surface area contributed by atoms with Gasteiger partial charge in [0.1, 0.15) is 10.6 Å². The van der Waals surface area contributed by atoms with Crippen LogP contribution in [-0.4, -0.2) is 44.4 Å². The smallest absolute Gasteiger partial charge is 0.338 e. The highest BCUT2D eigenvalue weighted by Crippen LogP contribution is 2.28. The van der Waals surface area contributed by atoms with E-state index in [0.717, 1.165) is 17.5 Å². The number of rotatable bonds is 10. The zero-order valence-corrected chi connectivity index (χ0v) is 18.9. The Kier molecular flexibility index (Phi) is 7.97. The molecule has 8 heteroatoms. The number of aryl methyl sites for hydroxylation is 1. The van der Waals surface area contributed by atoms with Crippen molar-refractivity contribution in [2.75, 3.05) is 20.8 Å². The number of nitrogens with zero attached hydrogens (tertiary/aromatic N) is 2. The van der Waals surface area contributed by atoms with Crippen LogP contribution >= 0.6 is 0 Å². The van der Waals surface area contributed by atoms with E-state index in [9.17, 15) is 13.2 Å². The molecule has 0 saturated heterocycles. The lowest BCUT2D eigenvalue weighted by Gasteiger charge is -2.19. The van der Waals surface area contributed by atoms with Gasteiger partial charge in [-0.2, -0.15) is 4.31 Å². The molecule has 0 aliphatic rings. The maximum atomic E-state index is 13.2. The van der Waals surface area contributed by atoms with E-state index in [1.54, 1.807) is 12.4 Å². The van der Waals surface area contributed by atoms with E-state index in [4.69, 9.17) is 9.47 Å². The fourth-order valence-corrected chi connectivity index (χ4v) is 4.51. The number of sulfonamides is 1. The van der Waals surface area contributed by atoms with Gasteiger partial charge < -0.3 is 9.47 Å². The van der Waals surface area contributed by atoms with Gasteiger partial charge in [-0.1, -0.05) is 36.4 Å². The summed E-state index contributed by atoms with van der Waals surface area (Å²) >= 11 is 0. The molecule has 7 nitrogen and oxygen atoms in total. The summed E-state index contributed by atoms with van der Waals surface area (Å²) in [5, 5.41) is 0. The van der Waals surface area contributed by atoms with Gasteiger partial charge in [-0.15, -0.1) is 0 Å². The lowest BCUT2D eigenvalue weighted by molar-refractivity contribution is 0.0500. The second kappa shape index (κ2) is 10.9. The molecule has 0 aliphatic heterocycles. The average Bonchev–Trinajstić information content (AvgIpc) is 2.82. The highest BCUT2D eigenvalue weighted by Gasteiger charge is 2.26. The third kappa shape index (κ3) is 5.93. The molecule has 3 rings (SSSR count). The number of hydrogen-bond acceptors (Lipinski definition) is 6. The summed E-state index contributed by atoms with van der Waals surface area (Å²) in [5.74, 6) is -0.418. The maximum Gasteiger partial charge on any atom is 0.338 e. The molecule has 0 radical (unpaired) electrons. The Morgan fingerprint density at radius 3 is 2.47 bits per heavy atom. The minimum atomic E-state index is -3.90. The molecule has 0 bridgehead atoms. The van der Waals surface area contributed by atoms with Gasteiger partial charge in [-0.3, -0.25) is 4.98 Å². The molecular weight excluding hydrogens is 428 g/mol. The molecule has 0 amide bonds. The summed E-state index contributed by atoms with van der Waals surface area (Å²) in [6.45, 7) is 0.408. The van der Waals surface area contributed by atoms with Crippen molar-refractivity contribution in [2.45, 2.75) is 24.3 Å². The van der Waals surface area contributed by atoms with E-state index in [0.29, 0.717) is 6.42 Å². The van der Waals surface area contributed by atoms with Gasteiger partial charge in [0.2, 0.25) is 10.0 Å². The minimum absolute atomic E-state index is 0.0803. The van der Waals surface area contributed by atoms with Gasteiger partial charge >= 0.3 is 5.97 Å². The predicted octanol–water partition coefficient (Wildman–Crippen LogP) is 3.70. The summed E-state index contributed by atoms with van der Waals surface area (Å²) in [6.07, 6.45) is 4.84. The minimum Gasteiger partial charge on any atom is -0.495 e. The van der Waals surface area contributed by atoms with Gasteiger partial charge in [0.15, 0.2) is 0 Å². The molecule has 0 spiro atoms. The first-order valence-electron chi connectivity index (χ1n) is 10.2. The molecule has 0 atom stereocenters. The van der Waals surface area contributed by atoms with Crippen LogP contribution in [0.5, 0.6) is 5.75 Å². The number of aromatic nitrogens is 1. The number of methoxy groups -OCH3 is 1. The third-order valence-corrected chi connectivity index (χ3v) is 6.73. The SMILES string of the molecule is COc1ccc(C(=O)OCCCc2cccnc2)cc1S(=O)(=O)N(C)Cc1ccccc1. The normalized spacial score (nSPS) is 11.3. The average molecular weight is 455 g/mol. The standard InChI is InChI=1S/C24H26N2O5S/c1-26(18-20-8-4-3-5-9-20)32(28,29)23-16-21(12-13-22(23)30-2)24(27)31-15-7-11-19-10-6-14-25-17-19/h3-6,8-10,12-14,16-17H,7,11,15,18H2,1-2H3. The van der Waals surface area contributed by atoms with Crippen molar-refractivity contribution in [3.63, 3.8) is 0 Å². The molecule has 2 aromatic carbocycles. The zero-order valence-electron chi connectivity index (χ0n) is 18.1. The fourth-order valence-electron chi connectivity index (χ4n) is 3.17. The fraction of sp³-hybridized carbons (Fsp3) is 0.250. The molecular formula is C24H26N2O5S. The zero-order chi connectivity index (χ0) is 23.0. The first-order valence-corrected chi connectivity index (χ1v) is 11.6. The van der Waals surface area contributed by atoms with Crippen LogP contribution in [0.25, 0.3) is 0 Å². The Bertz CT molecular complexity index is 1140. The molecule has 0 unspecified atom stereocenters. The monoisotopic (exact) mass is 454 g/mol. The number of benzene rings is 2. The summed E-state index contributed by atoms with van der Waals surface area (Å²) in [7, 11) is -1.02. The first kappa shape index (κ1) is 23.4. The van der Waals surface area contributed by atoms with Crippen molar-refractivity contribution in [3.8, 4) is 5.75 Å². The molecule has 0 fully saturated rings. The van der Waals surface area contributed by atoms with Gasteiger partial charge in [-0.05, 0) is 48.2 Å². The van der Waals surface area contributed by atoms with Crippen LogP contribution < -0.4 is 4.74 Å². The number of ether oxygens (including phenoxy) is 2. The summed E-state index contributed by atoms with van der Waals surface area (Å²) in [6, 6.07) is 17.4. The maximum absolute atomic E-state index is 13.2. The summed E-state index contributed by atoms with van der Waals surface area (Å²) in [5.41, 5.74) is 2.06. The molecule has 0 N–H and O–H groups in total. The number of pyridine rings is 1. The van der Waals surface area contributed by atoms with E-state index in [-0.39, 0.29) is 29.4 Å². The molecule has 168 valence electrons. The van der Waals surface area contributed by atoms with E-state index in [1.807, 2.05) is 42.5 Å². The van der Waals surface area contributed by atoms with Gasteiger partial charge in [0, 0.05) is 26.0 Å². The van der Waals surface area contributed by atoms with Crippen LogP contribution in [0.3, 0.4) is 0 Å². The van der Waals surface area contributed by atoms with Crippen molar-refractivity contribution in [1.29, 1.82) is 0 Å². The van der Waals surface area contributed by atoms with Crippen LogP contribution in [0.4, 0.5) is 0 Å². The lowest BCUT2D eigenvalue weighted by atomic mass is 10.2. The molecule has 0 saturated carbocycles. The molecule has 1 heterocycles. The van der Waals surface area contributed by atoms with E-state index in [1.165, 1.54) is 36.7 Å². The second-order valence-corrected chi connectivity index (χ2v) is 9.23. The topological polar surface area (TPSA) is 85.8 Å². The van der Waals surface area contributed by atoms with Crippen molar-refractivity contribution in [2.24, 2.45) is 0 Å². The highest BCUT2D eigenvalue weighted by molar-refractivity contribution is 7.89. The van der Waals surface area contributed by atoms with E-state index >= 15 is 0 Å².